The van der Waals surface area contributed by atoms with Crippen LogP contribution in [0, 0.1) is 0 Å². The number of benzene rings is 1. The number of hydrogen-bond acceptors (Lipinski definition) is 2. The number of hydrogen-bond donors (Lipinski definition) is 1. The van der Waals surface area contributed by atoms with Crippen LogP contribution in [0.3, 0.4) is 0 Å². The predicted octanol–water partition coefficient (Wildman–Crippen LogP) is 4.30. The molecule has 0 radical (unpaired) electrons. The van der Waals surface area contributed by atoms with E-state index in [1.807, 2.05) is 0 Å². The molecular weight excluding hydrogens is 323 g/mol. The summed E-state index contributed by atoms with van der Waals surface area (Å²) in [5.74, 6) is 0. The molecule has 1 aromatic heterocycles. The number of alkyl halides is 3. The molecule has 0 aliphatic rings. The minimum absolute atomic E-state index is 0.308. The molecule has 0 fully saturated rings. The fourth-order valence-electron chi connectivity index (χ4n) is 1.81. The minimum Gasteiger partial charge on any atom is -0.457 e. The first kappa shape index (κ1) is 14.1. The first-order valence-electron chi connectivity index (χ1n) is 5.52. The Morgan fingerprint density at radius 2 is 2.00 bits per heavy atom. The zero-order valence-electron chi connectivity index (χ0n) is 9.75. The number of furan rings is 1. The third kappa shape index (κ3) is 3.39. The van der Waals surface area contributed by atoms with E-state index in [2.05, 4.69) is 15.9 Å². The fraction of sp³-hybridized carbons (Fsp3) is 0.231. The molecule has 0 spiro atoms. The van der Waals surface area contributed by atoms with Crippen molar-refractivity contribution < 1.29 is 17.6 Å². The summed E-state index contributed by atoms with van der Waals surface area (Å²) >= 11 is 3.20. The highest BCUT2D eigenvalue weighted by molar-refractivity contribution is 9.10. The Morgan fingerprint density at radius 1 is 1.26 bits per heavy atom. The molecule has 2 rings (SSSR count). The van der Waals surface area contributed by atoms with Gasteiger partial charge in [-0.15, -0.1) is 0 Å². The summed E-state index contributed by atoms with van der Waals surface area (Å²) in [6.07, 6.45) is -2.55. The summed E-state index contributed by atoms with van der Waals surface area (Å²) in [5, 5.41) is 0. The zero-order valence-corrected chi connectivity index (χ0v) is 11.3. The molecule has 102 valence electrons. The average Bonchev–Trinajstić information content (AvgIpc) is 2.75. The van der Waals surface area contributed by atoms with Gasteiger partial charge in [-0.3, -0.25) is 0 Å². The Hall–Kier alpha value is -1.27. The van der Waals surface area contributed by atoms with Gasteiger partial charge in [-0.1, -0.05) is 18.2 Å². The molecule has 0 saturated carbocycles. The van der Waals surface area contributed by atoms with Gasteiger partial charge in [-0.05, 0) is 40.0 Å². The summed E-state index contributed by atoms with van der Waals surface area (Å²) in [6.45, 7) is 0. The van der Waals surface area contributed by atoms with E-state index in [1.54, 1.807) is 12.1 Å². The topological polar surface area (TPSA) is 39.2 Å². The summed E-state index contributed by atoms with van der Waals surface area (Å²) in [5.41, 5.74) is 6.57. The van der Waals surface area contributed by atoms with Gasteiger partial charge in [0.2, 0.25) is 0 Å². The second kappa shape index (κ2) is 5.38. The largest absolute Gasteiger partial charge is 0.457 e. The Balaban J connectivity index is 2.18. The van der Waals surface area contributed by atoms with Crippen molar-refractivity contribution in [2.75, 3.05) is 0 Å². The molecule has 0 aliphatic heterocycles. The summed E-state index contributed by atoms with van der Waals surface area (Å²) < 4.78 is 43.3. The maximum Gasteiger partial charge on any atom is 0.416 e. The molecule has 0 aliphatic carbocycles. The first-order valence-corrected chi connectivity index (χ1v) is 6.32. The molecule has 0 bridgehead atoms. The molecule has 1 atom stereocenters. The Kier molecular flexibility index (Phi) is 4.01. The van der Waals surface area contributed by atoms with Crippen LogP contribution in [0.4, 0.5) is 13.2 Å². The van der Waals surface area contributed by atoms with Gasteiger partial charge in [0.05, 0.1) is 11.8 Å². The van der Waals surface area contributed by atoms with Crippen molar-refractivity contribution in [2.24, 2.45) is 5.73 Å². The molecule has 1 aromatic carbocycles. The van der Waals surface area contributed by atoms with Gasteiger partial charge < -0.3 is 10.2 Å². The van der Waals surface area contributed by atoms with Crippen LogP contribution in [0.5, 0.6) is 0 Å². The minimum atomic E-state index is -4.34. The van der Waals surface area contributed by atoms with E-state index < -0.39 is 17.8 Å². The highest BCUT2D eigenvalue weighted by Crippen LogP contribution is 2.31. The molecule has 2 aromatic rings. The Labute approximate surface area is 116 Å². The van der Waals surface area contributed by atoms with E-state index in [4.69, 9.17) is 10.2 Å². The normalized spacial score (nSPS) is 13.5. The van der Waals surface area contributed by atoms with Crippen molar-refractivity contribution >= 4 is 15.9 Å². The summed E-state index contributed by atoms with van der Waals surface area (Å²) in [7, 11) is 0. The third-order valence-electron chi connectivity index (χ3n) is 2.76. The SMILES string of the molecule is NC(Cc1cccc(C(F)(F)F)c1)c1ccoc1Br. The van der Waals surface area contributed by atoms with Crippen molar-refractivity contribution in [3.8, 4) is 0 Å². The maximum absolute atomic E-state index is 12.6. The van der Waals surface area contributed by atoms with E-state index in [1.165, 1.54) is 12.3 Å². The zero-order chi connectivity index (χ0) is 14.0. The number of halogens is 4. The van der Waals surface area contributed by atoms with Gasteiger partial charge in [0.1, 0.15) is 0 Å². The van der Waals surface area contributed by atoms with E-state index in [0.29, 0.717) is 16.7 Å². The van der Waals surface area contributed by atoms with Crippen LogP contribution in [-0.4, -0.2) is 0 Å². The molecule has 6 heteroatoms. The van der Waals surface area contributed by atoms with E-state index in [0.717, 1.165) is 17.7 Å². The molecular formula is C13H11BrF3NO. The number of rotatable bonds is 3. The van der Waals surface area contributed by atoms with Gasteiger partial charge in [0.25, 0.3) is 0 Å². The lowest BCUT2D eigenvalue weighted by atomic mass is 10.0. The van der Waals surface area contributed by atoms with Crippen molar-refractivity contribution in [1.29, 1.82) is 0 Å². The second-order valence-electron chi connectivity index (χ2n) is 4.16. The smallest absolute Gasteiger partial charge is 0.416 e. The van der Waals surface area contributed by atoms with Crippen LogP contribution in [0.1, 0.15) is 22.7 Å². The van der Waals surface area contributed by atoms with Crippen molar-refractivity contribution in [1.82, 2.24) is 0 Å². The van der Waals surface area contributed by atoms with Crippen molar-refractivity contribution in [2.45, 2.75) is 18.6 Å². The lowest BCUT2D eigenvalue weighted by Crippen LogP contribution is -2.14. The molecule has 1 unspecified atom stereocenters. The predicted molar refractivity (Wildman–Crippen MR) is 68.5 cm³/mol. The van der Waals surface area contributed by atoms with Gasteiger partial charge in [0.15, 0.2) is 4.67 Å². The molecule has 2 nitrogen and oxygen atoms in total. The van der Waals surface area contributed by atoms with Crippen LogP contribution < -0.4 is 5.73 Å². The molecule has 19 heavy (non-hydrogen) atoms. The van der Waals surface area contributed by atoms with Gasteiger partial charge in [-0.25, -0.2) is 0 Å². The second-order valence-corrected chi connectivity index (χ2v) is 4.88. The molecule has 0 saturated heterocycles. The lowest BCUT2D eigenvalue weighted by molar-refractivity contribution is -0.137. The Bertz CT molecular complexity index is 565. The van der Waals surface area contributed by atoms with Crippen molar-refractivity contribution in [3.05, 3.63) is 58.0 Å². The fourth-order valence-corrected chi connectivity index (χ4v) is 2.34. The number of nitrogens with two attached hydrogens (primary N) is 1. The van der Waals surface area contributed by atoms with Crippen LogP contribution in [0.15, 0.2) is 45.7 Å². The average molecular weight is 334 g/mol. The van der Waals surface area contributed by atoms with Gasteiger partial charge >= 0.3 is 6.18 Å². The highest BCUT2D eigenvalue weighted by atomic mass is 79.9. The monoisotopic (exact) mass is 333 g/mol. The maximum atomic E-state index is 12.6. The van der Waals surface area contributed by atoms with E-state index in [9.17, 15) is 13.2 Å². The molecule has 1 heterocycles. The van der Waals surface area contributed by atoms with Crippen LogP contribution in [-0.2, 0) is 12.6 Å². The third-order valence-corrected chi connectivity index (χ3v) is 3.40. The van der Waals surface area contributed by atoms with E-state index >= 15 is 0 Å². The highest BCUT2D eigenvalue weighted by Gasteiger charge is 2.30. The van der Waals surface area contributed by atoms with Crippen LogP contribution in [0.2, 0.25) is 0 Å². The van der Waals surface area contributed by atoms with E-state index in [-0.39, 0.29) is 0 Å². The summed E-state index contributed by atoms with van der Waals surface area (Å²) in [6, 6.07) is 6.45. The van der Waals surface area contributed by atoms with Gasteiger partial charge in [0, 0.05) is 11.6 Å². The quantitative estimate of drug-likeness (QED) is 0.909. The first-order chi connectivity index (χ1) is 8.88. The van der Waals surface area contributed by atoms with Crippen LogP contribution >= 0.6 is 15.9 Å². The Morgan fingerprint density at radius 3 is 2.58 bits per heavy atom. The molecule has 2 N–H and O–H groups in total. The summed E-state index contributed by atoms with van der Waals surface area (Å²) in [4.78, 5) is 0. The van der Waals surface area contributed by atoms with Crippen LogP contribution in [0.25, 0.3) is 0 Å². The molecule has 0 amide bonds. The van der Waals surface area contributed by atoms with Gasteiger partial charge in [-0.2, -0.15) is 13.2 Å². The lowest BCUT2D eigenvalue weighted by Gasteiger charge is -2.12. The standard InChI is InChI=1S/C13H11BrF3NO/c14-12-10(4-5-19-12)11(18)7-8-2-1-3-9(6-8)13(15,16)17/h1-6,11H,7,18H2. The van der Waals surface area contributed by atoms with Crippen molar-refractivity contribution in [3.63, 3.8) is 0 Å².